The normalized spacial score (nSPS) is 35.5. The van der Waals surface area contributed by atoms with Crippen LogP contribution in [0.15, 0.2) is 5.11 Å². The van der Waals surface area contributed by atoms with Gasteiger partial charge in [-0.2, -0.15) is 8.78 Å². The summed E-state index contributed by atoms with van der Waals surface area (Å²) in [5, 5.41) is 11.7. The molecule has 1 saturated heterocycles. The highest BCUT2D eigenvalue weighted by Gasteiger charge is 2.68. The fourth-order valence-corrected chi connectivity index (χ4v) is 1.06. The van der Waals surface area contributed by atoms with E-state index in [1.807, 2.05) is 0 Å². The molecule has 1 heterocycles. The van der Waals surface area contributed by atoms with Crippen molar-refractivity contribution in [2.75, 3.05) is 6.61 Å². The Bertz CT molecular complexity index is 275. The predicted molar refractivity (Wildman–Crippen MR) is 38.8 cm³/mol. The third kappa shape index (κ3) is 1.16. The summed E-state index contributed by atoms with van der Waals surface area (Å²) in [5.41, 5.74) is 6.43. The van der Waals surface area contributed by atoms with Crippen LogP contribution in [0.3, 0.4) is 0 Å². The van der Waals surface area contributed by atoms with Crippen molar-refractivity contribution >= 4 is 0 Å². The van der Waals surface area contributed by atoms with E-state index in [4.69, 9.17) is 10.6 Å². The molecule has 1 aliphatic heterocycles. The number of hydrogen-bond donors (Lipinski definition) is 1. The lowest BCUT2D eigenvalue weighted by atomic mass is 9.87. The second kappa shape index (κ2) is 2.54. The van der Waals surface area contributed by atoms with Crippen LogP contribution in [-0.2, 0) is 4.74 Å². The molecular weight excluding hydrogens is 184 g/mol. The largest absolute Gasteiger partial charge is 0.356 e. The van der Waals surface area contributed by atoms with Crippen LogP contribution in [-0.4, -0.2) is 23.5 Å². The van der Waals surface area contributed by atoms with Crippen LogP contribution in [0.4, 0.5) is 8.78 Å². The zero-order chi connectivity index (χ0) is 10.3. The van der Waals surface area contributed by atoms with Gasteiger partial charge in [0, 0.05) is 4.91 Å². The van der Waals surface area contributed by atoms with E-state index in [9.17, 15) is 8.78 Å². The number of ether oxygens (including phenoxy) is 1. The summed E-state index contributed by atoms with van der Waals surface area (Å²) >= 11 is 0. The fourth-order valence-electron chi connectivity index (χ4n) is 1.06. The summed E-state index contributed by atoms with van der Waals surface area (Å²) < 4.78 is 31.0. The van der Waals surface area contributed by atoms with Crippen molar-refractivity contribution in [3.05, 3.63) is 10.4 Å². The van der Waals surface area contributed by atoms with Crippen LogP contribution >= 0.6 is 0 Å². The first-order valence-corrected chi connectivity index (χ1v) is 3.57. The molecule has 0 aromatic rings. The Balaban J connectivity index is 3.13. The minimum atomic E-state index is -3.59. The maximum Gasteiger partial charge on any atom is 0.314 e. The lowest BCUT2D eigenvalue weighted by molar-refractivity contribution is -0.278. The monoisotopic (exact) mass is 193 g/mol. The van der Waals surface area contributed by atoms with E-state index in [-0.39, 0.29) is 6.61 Å². The third-order valence-electron chi connectivity index (χ3n) is 2.07. The van der Waals surface area contributed by atoms with Gasteiger partial charge in [0.05, 0.1) is 12.0 Å². The van der Waals surface area contributed by atoms with Gasteiger partial charge in [-0.15, -0.1) is 0 Å². The number of alkyl halides is 2. The molecule has 0 aliphatic carbocycles. The highest BCUT2D eigenvalue weighted by molar-refractivity contribution is 5.00. The number of aliphatic hydroxyl groups is 1. The second-order valence-electron chi connectivity index (χ2n) is 3.54. The molecule has 74 valence electrons. The molecule has 0 aromatic heterocycles. The quantitative estimate of drug-likeness (QED) is 0.390. The molecule has 0 saturated carbocycles. The van der Waals surface area contributed by atoms with Gasteiger partial charge in [0.15, 0.2) is 0 Å². The minimum Gasteiger partial charge on any atom is -0.356 e. The summed E-state index contributed by atoms with van der Waals surface area (Å²) in [4.78, 5) is 2.12. The molecule has 1 rings (SSSR count). The van der Waals surface area contributed by atoms with Crippen molar-refractivity contribution < 1.29 is 18.6 Å². The fraction of sp³-hybridized carbons (Fsp3) is 1.00. The zero-order valence-corrected chi connectivity index (χ0v) is 7.16. The van der Waals surface area contributed by atoms with Crippen LogP contribution in [0.2, 0.25) is 0 Å². The van der Waals surface area contributed by atoms with E-state index in [1.54, 1.807) is 0 Å². The first-order valence-electron chi connectivity index (χ1n) is 3.57. The standard InChI is InChI=1S/C6H9F2N3O2/c1-4(2)3-13-6(12,10-11-9)5(4,7)8/h12H,3H2,1-2H3. The lowest BCUT2D eigenvalue weighted by Gasteiger charge is -2.29. The Morgan fingerprint density at radius 2 is 2.08 bits per heavy atom. The molecule has 0 aromatic carbocycles. The van der Waals surface area contributed by atoms with Gasteiger partial charge in [-0.1, -0.05) is 13.8 Å². The van der Waals surface area contributed by atoms with E-state index in [1.165, 1.54) is 13.8 Å². The van der Waals surface area contributed by atoms with Gasteiger partial charge in [0.2, 0.25) is 0 Å². The summed E-state index contributed by atoms with van der Waals surface area (Å²) in [6.45, 7) is 2.07. The molecule has 0 bridgehead atoms. The topological polar surface area (TPSA) is 78.2 Å². The van der Waals surface area contributed by atoms with E-state index < -0.39 is 17.2 Å². The van der Waals surface area contributed by atoms with E-state index in [2.05, 4.69) is 14.8 Å². The maximum atomic E-state index is 13.3. The van der Waals surface area contributed by atoms with Gasteiger partial charge in [-0.3, -0.25) is 0 Å². The Morgan fingerprint density at radius 1 is 1.54 bits per heavy atom. The SMILES string of the molecule is CC1(C)COC(O)(N=[N+]=[N-])C1(F)F. The van der Waals surface area contributed by atoms with Crippen molar-refractivity contribution in [3.8, 4) is 0 Å². The van der Waals surface area contributed by atoms with Crippen LogP contribution < -0.4 is 0 Å². The summed E-state index contributed by atoms with van der Waals surface area (Å²) in [5.74, 6) is -6.64. The molecule has 1 aliphatic rings. The molecule has 1 N–H and O–H groups in total. The van der Waals surface area contributed by atoms with Gasteiger partial charge < -0.3 is 9.84 Å². The molecule has 1 fully saturated rings. The van der Waals surface area contributed by atoms with Gasteiger partial charge in [-0.25, -0.2) is 0 Å². The lowest BCUT2D eigenvalue weighted by Crippen LogP contribution is -2.49. The van der Waals surface area contributed by atoms with Gasteiger partial charge in [-0.05, 0) is 10.6 Å². The van der Waals surface area contributed by atoms with Crippen LogP contribution in [0.25, 0.3) is 10.4 Å². The van der Waals surface area contributed by atoms with Crippen molar-refractivity contribution in [2.45, 2.75) is 25.7 Å². The molecule has 0 amide bonds. The average molecular weight is 193 g/mol. The Labute approximate surface area is 72.9 Å². The number of hydrogen-bond acceptors (Lipinski definition) is 3. The molecule has 7 heteroatoms. The van der Waals surface area contributed by atoms with Crippen LogP contribution in [0.1, 0.15) is 13.8 Å². The smallest absolute Gasteiger partial charge is 0.314 e. The first kappa shape index (κ1) is 10.2. The van der Waals surface area contributed by atoms with Crippen molar-refractivity contribution in [3.63, 3.8) is 0 Å². The molecule has 0 radical (unpaired) electrons. The Kier molecular flexibility index (Phi) is 1.99. The zero-order valence-electron chi connectivity index (χ0n) is 7.16. The summed E-state index contributed by atoms with van der Waals surface area (Å²) in [7, 11) is 0. The van der Waals surface area contributed by atoms with E-state index >= 15 is 0 Å². The second-order valence-corrected chi connectivity index (χ2v) is 3.54. The van der Waals surface area contributed by atoms with Gasteiger partial charge in [0.1, 0.15) is 0 Å². The van der Waals surface area contributed by atoms with Crippen molar-refractivity contribution in [1.29, 1.82) is 0 Å². The molecule has 1 atom stereocenters. The predicted octanol–water partition coefficient (Wildman–Crippen LogP) is 1.63. The highest BCUT2D eigenvalue weighted by Crippen LogP contribution is 2.51. The van der Waals surface area contributed by atoms with Crippen molar-refractivity contribution in [2.24, 2.45) is 10.5 Å². The Morgan fingerprint density at radius 3 is 2.38 bits per heavy atom. The minimum absolute atomic E-state index is 0.366. The summed E-state index contributed by atoms with van der Waals surface area (Å²) in [6, 6.07) is 0. The highest BCUT2D eigenvalue weighted by atomic mass is 19.3. The number of azide groups is 1. The van der Waals surface area contributed by atoms with Crippen molar-refractivity contribution in [1.82, 2.24) is 0 Å². The van der Waals surface area contributed by atoms with Crippen LogP contribution in [0, 0.1) is 5.41 Å². The molecular formula is C6H9F2N3O2. The maximum absolute atomic E-state index is 13.3. The first-order chi connectivity index (χ1) is 5.77. The average Bonchev–Trinajstić information content (AvgIpc) is 2.13. The van der Waals surface area contributed by atoms with E-state index in [0.29, 0.717) is 0 Å². The summed E-state index contributed by atoms with van der Waals surface area (Å²) in [6.07, 6.45) is 0. The molecule has 0 spiro atoms. The van der Waals surface area contributed by atoms with Crippen LogP contribution in [0.5, 0.6) is 0 Å². The number of halogens is 2. The van der Waals surface area contributed by atoms with Gasteiger partial charge in [0.25, 0.3) is 0 Å². The van der Waals surface area contributed by atoms with E-state index in [0.717, 1.165) is 0 Å². The Hall–Kier alpha value is -0.910. The third-order valence-corrected chi connectivity index (χ3v) is 2.07. The number of nitrogens with zero attached hydrogens (tertiary/aromatic N) is 3. The molecule has 1 unspecified atom stereocenters. The molecule has 5 nitrogen and oxygen atoms in total. The van der Waals surface area contributed by atoms with Gasteiger partial charge >= 0.3 is 11.8 Å². The molecule has 13 heavy (non-hydrogen) atoms. The number of rotatable bonds is 1.